The summed E-state index contributed by atoms with van der Waals surface area (Å²) >= 11 is 5.81. The molecule has 1 aliphatic rings. The van der Waals surface area contributed by atoms with Crippen LogP contribution >= 0.6 is 11.6 Å². The Balaban J connectivity index is 2.00. The average molecular weight is 256 g/mol. The molecule has 17 heavy (non-hydrogen) atoms. The Morgan fingerprint density at radius 2 is 2.24 bits per heavy atom. The summed E-state index contributed by atoms with van der Waals surface area (Å²) in [6.07, 6.45) is 1.85. The molecule has 0 saturated heterocycles. The maximum absolute atomic E-state index is 11.4. The van der Waals surface area contributed by atoms with Gasteiger partial charge in [-0.25, -0.2) is 0 Å². The normalized spacial score (nSPS) is 14.4. The summed E-state index contributed by atoms with van der Waals surface area (Å²) in [4.78, 5) is 21.3. The van der Waals surface area contributed by atoms with Gasteiger partial charge in [0.25, 0.3) is 5.69 Å². The number of nitro groups is 1. The van der Waals surface area contributed by atoms with Crippen LogP contribution in [0, 0.1) is 16.0 Å². The molecule has 90 valence electrons. The molecule has 1 saturated carbocycles. The topological polar surface area (TPSA) is 69.4 Å². The smallest absolute Gasteiger partial charge is 0.271 e. The van der Waals surface area contributed by atoms with Gasteiger partial charge in [-0.1, -0.05) is 11.6 Å². The lowest BCUT2D eigenvalue weighted by molar-refractivity contribution is -0.384. The van der Waals surface area contributed by atoms with Crippen molar-refractivity contribution >= 4 is 23.1 Å². The van der Waals surface area contributed by atoms with Gasteiger partial charge >= 0.3 is 0 Å². The number of carbonyl (C=O) groups excluding carboxylic acids is 1. The summed E-state index contributed by atoms with van der Waals surface area (Å²) in [7, 11) is 0. The Hall–Kier alpha value is -1.62. The molecule has 1 aromatic rings. The highest BCUT2D eigenvalue weighted by Gasteiger charge is 2.29. The number of Topliss-reactive ketones (excluding diaryl/α,β-unsaturated/α-hetero) is 1. The second-order valence-corrected chi connectivity index (χ2v) is 4.31. The van der Waals surface area contributed by atoms with Crippen molar-refractivity contribution < 1.29 is 14.5 Å². The lowest BCUT2D eigenvalue weighted by Gasteiger charge is -2.06. The molecule has 6 heteroatoms. The summed E-state index contributed by atoms with van der Waals surface area (Å²) in [5.41, 5.74) is -0.101. The number of carbonyl (C=O) groups is 1. The molecule has 2 rings (SSSR count). The van der Waals surface area contributed by atoms with E-state index in [2.05, 4.69) is 0 Å². The Kier molecular flexibility index (Phi) is 3.28. The third-order valence-electron chi connectivity index (χ3n) is 2.53. The molecule has 0 aliphatic heterocycles. The SMILES string of the molecule is O=C(COc1ccc([N+](=O)[O-])cc1Cl)C1CC1. The van der Waals surface area contributed by atoms with Gasteiger partial charge in [-0.2, -0.15) is 0 Å². The van der Waals surface area contributed by atoms with E-state index < -0.39 is 4.92 Å². The van der Waals surface area contributed by atoms with E-state index in [-0.39, 0.29) is 29.0 Å². The Bertz CT molecular complexity index is 471. The molecular weight excluding hydrogens is 246 g/mol. The standard InChI is InChI=1S/C11H10ClNO4/c12-9-5-8(13(15)16)3-4-11(9)17-6-10(14)7-1-2-7/h3-5,7H,1-2,6H2. The molecule has 1 aromatic carbocycles. The van der Waals surface area contributed by atoms with Gasteiger partial charge in [0.05, 0.1) is 9.95 Å². The van der Waals surface area contributed by atoms with Crippen LogP contribution in [-0.2, 0) is 4.79 Å². The highest BCUT2D eigenvalue weighted by atomic mass is 35.5. The van der Waals surface area contributed by atoms with Gasteiger partial charge in [0.1, 0.15) is 12.4 Å². The van der Waals surface area contributed by atoms with Crippen LogP contribution in [0.2, 0.25) is 5.02 Å². The molecule has 0 aromatic heterocycles. The first-order valence-electron chi connectivity index (χ1n) is 5.17. The zero-order chi connectivity index (χ0) is 12.4. The Labute approximate surface area is 102 Å². The number of halogens is 1. The fourth-order valence-electron chi connectivity index (χ4n) is 1.39. The molecule has 5 nitrogen and oxygen atoms in total. The average Bonchev–Trinajstić information content (AvgIpc) is 3.10. The van der Waals surface area contributed by atoms with E-state index in [1.165, 1.54) is 18.2 Å². The predicted molar refractivity (Wildman–Crippen MR) is 61.3 cm³/mol. The number of nitro benzene ring substituents is 1. The van der Waals surface area contributed by atoms with Gasteiger partial charge in [0.2, 0.25) is 0 Å². The zero-order valence-electron chi connectivity index (χ0n) is 8.89. The van der Waals surface area contributed by atoms with Crippen LogP contribution in [0.3, 0.4) is 0 Å². The van der Waals surface area contributed by atoms with Gasteiger partial charge < -0.3 is 4.74 Å². The minimum absolute atomic E-state index is 0.0256. The number of ether oxygens (including phenoxy) is 1. The summed E-state index contributed by atoms with van der Waals surface area (Å²) in [6.45, 7) is -0.0256. The van der Waals surface area contributed by atoms with Crippen LogP contribution in [0.5, 0.6) is 5.75 Å². The maximum atomic E-state index is 11.4. The second-order valence-electron chi connectivity index (χ2n) is 3.90. The van der Waals surface area contributed by atoms with Gasteiger partial charge in [0.15, 0.2) is 5.78 Å². The fraction of sp³-hybridized carbons (Fsp3) is 0.364. The van der Waals surface area contributed by atoms with Crippen molar-refractivity contribution in [3.63, 3.8) is 0 Å². The molecule has 0 heterocycles. The van der Waals surface area contributed by atoms with Crippen LogP contribution in [0.4, 0.5) is 5.69 Å². The summed E-state index contributed by atoms with van der Waals surface area (Å²) in [5, 5.41) is 10.6. The van der Waals surface area contributed by atoms with Crippen LogP contribution in [0.1, 0.15) is 12.8 Å². The lowest BCUT2D eigenvalue weighted by Crippen LogP contribution is -2.12. The predicted octanol–water partition coefficient (Wildman–Crippen LogP) is 2.61. The van der Waals surface area contributed by atoms with Crippen molar-refractivity contribution in [2.45, 2.75) is 12.8 Å². The van der Waals surface area contributed by atoms with Crippen LogP contribution in [0.15, 0.2) is 18.2 Å². The second kappa shape index (κ2) is 4.71. The van der Waals surface area contributed by atoms with Crippen molar-refractivity contribution in [2.24, 2.45) is 5.92 Å². The van der Waals surface area contributed by atoms with Gasteiger partial charge in [-0.3, -0.25) is 14.9 Å². The Morgan fingerprint density at radius 3 is 2.76 bits per heavy atom. The molecule has 0 bridgehead atoms. The van der Waals surface area contributed by atoms with Crippen molar-refractivity contribution in [3.8, 4) is 5.75 Å². The van der Waals surface area contributed by atoms with Crippen molar-refractivity contribution in [3.05, 3.63) is 33.3 Å². The van der Waals surface area contributed by atoms with Crippen molar-refractivity contribution in [2.75, 3.05) is 6.61 Å². The van der Waals surface area contributed by atoms with Crippen LogP contribution < -0.4 is 4.74 Å². The maximum Gasteiger partial charge on any atom is 0.271 e. The van der Waals surface area contributed by atoms with Crippen molar-refractivity contribution in [1.82, 2.24) is 0 Å². The monoisotopic (exact) mass is 255 g/mol. The van der Waals surface area contributed by atoms with E-state index >= 15 is 0 Å². The first kappa shape index (κ1) is 11.9. The first-order chi connectivity index (χ1) is 8.08. The molecular formula is C11H10ClNO4. The fourth-order valence-corrected chi connectivity index (χ4v) is 1.62. The summed E-state index contributed by atoms with van der Waals surface area (Å²) < 4.78 is 5.23. The summed E-state index contributed by atoms with van der Waals surface area (Å²) in [5.74, 6) is 0.484. The van der Waals surface area contributed by atoms with E-state index in [0.717, 1.165) is 12.8 Å². The number of ketones is 1. The van der Waals surface area contributed by atoms with Crippen molar-refractivity contribution in [1.29, 1.82) is 0 Å². The zero-order valence-corrected chi connectivity index (χ0v) is 9.64. The largest absolute Gasteiger partial charge is 0.484 e. The minimum Gasteiger partial charge on any atom is -0.484 e. The number of rotatable bonds is 5. The number of nitrogens with zero attached hydrogens (tertiary/aromatic N) is 1. The lowest BCUT2D eigenvalue weighted by atomic mass is 10.3. The molecule has 1 fully saturated rings. The number of hydrogen-bond donors (Lipinski definition) is 0. The molecule has 1 aliphatic carbocycles. The van der Waals surface area contributed by atoms with Crippen LogP contribution in [0.25, 0.3) is 0 Å². The molecule has 0 spiro atoms. The minimum atomic E-state index is -0.537. The van der Waals surface area contributed by atoms with Gasteiger partial charge in [-0.15, -0.1) is 0 Å². The summed E-state index contributed by atoms with van der Waals surface area (Å²) in [6, 6.07) is 3.90. The Morgan fingerprint density at radius 1 is 1.53 bits per heavy atom. The highest BCUT2D eigenvalue weighted by molar-refractivity contribution is 6.32. The van der Waals surface area contributed by atoms with Gasteiger partial charge in [0, 0.05) is 18.1 Å². The number of hydrogen-bond acceptors (Lipinski definition) is 4. The van der Waals surface area contributed by atoms with E-state index in [1.54, 1.807) is 0 Å². The van der Waals surface area contributed by atoms with Crippen LogP contribution in [-0.4, -0.2) is 17.3 Å². The molecule has 0 unspecified atom stereocenters. The molecule has 0 amide bonds. The third-order valence-corrected chi connectivity index (χ3v) is 2.82. The molecule has 0 atom stereocenters. The number of non-ortho nitro benzene ring substituents is 1. The van der Waals surface area contributed by atoms with Gasteiger partial charge in [-0.05, 0) is 18.9 Å². The van der Waals surface area contributed by atoms with E-state index in [9.17, 15) is 14.9 Å². The third kappa shape index (κ3) is 2.94. The van der Waals surface area contributed by atoms with E-state index in [1.807, 2.05) is 0 Å². The van der Waals surface area contributed by atoms with E-state index in [0.29, 0.717) is 5.75 Å². The van der Waals surface area contributed by atoms with E-state index in [4.69, 9.17) is 16.3 Å². The molecule has 0 N–H and O–H groups in total. The quantitative estimate of drug-likeness (QED) is 0.599. The highest BCUT2D eigenvalue weighted by Crippen LogP contribution is 2.31. The first-order valence-corrected chi connectivity index (χ1v) is 5.55. The molecule has 0 radical (unpaired) electrons. The number of benzene rings is 1.